The predicted molar refractivity (Wildman–Crippen MR) is 87.9 cm³/mol. The largest absolute Gasteiger partial charge is 0.333 e. The predicted octanol–water partition coefficient (Wildman–Crippen LogP) is 3.01. The molecular formula is C13H10ClN3O4S2. The van der Waals surface area contributed by atoms with Crippen LogP contribution in [0.2, 0.25) is 5.02 Å². The van der Waals surface area contributed by atoms with Crippen LogP contribution < -0.4 is 5.06 Å². The number of halogens is 1. The van der Waals surface area contributed by atoms with Gasteiger partial charge in [0, 0.05) is 12.6 Å². The average Bonchev–Trinajstić information content (AvgIpc) is 3.15. The third-order valence-electron chi connectivity index (χ3n) is 2.92. The van der Waals surface area contributed by atoms with Gasteiger partial charge >= 0.3 is 0 Å². The Morgan fingerprint density at radius 1 is 1.26 bits per heavy atom. The van der Waals surface area contributed by atoms with E-state index in [9.17, 15) is 8.42 Å². The summed E-state index contributed by atoms with van der Waals surface area (Å²) in [6.07, 6.45) is 0. The molecule has 1 aromatic carbocycles. The van der Waals surface area contributed by atoms with E-state index >= 15 is 0 Å². The van der Waals surface area contributed by atoms with E-state index in [-0.39, 0.29) is 0 Å². The van der Waals surface area contributed by atoms with Gasteiger partial charge in [0.25, 0.3) is 16.9 Å². The second-order valence-corrected chi connectivity index (χ2v) is 6.30. The van der Waals surface area contributed by atoms with Crippen LogP contribution >= 0.6 is 22.9 Å². The van der Waals surface area contributed by atoms with Crippen LogP contribution in [0.1, 0.15) is 0 Å². The number of aromatic nitrogens is 2. The van der Waals surface area contributed by atoms with Gasteiger partial charge in [0.2, 0.25) is 5.82 Å². The van der Waals surface area contributed by atoms with Crippen molar-refractivity contribution < 1.29 is 17.2 Å². The molecule has 2 heterocycles. The van der Waals surface area contributed by atoms with Gasteiger partial charge in [-0.15, -0.1) is 11.3 Å². The molecule has 23 heavy (non-hydrogen) atoms. The smallest absolute Gasteiger partial charge is 0.277 e. The fraction of sp³-hybridized carbons (Fsp3) is 0.0769. The van der Waals surface area contributed by atoms with Crippen molar-refractivity contribution in [3.05, 3.63) is 40.7 Å². The van der Waals surface area contributed by atoms with E-state index in [0.29, 0.717) is 22.4 Å². The number of hydroxylamine groups is 1. The lowest BCUT2D eigenvalue weighted by Crippen LogP contribution is -2.16. The van der Waals surface area contributed by atoms with Crippen molar-refractivity contribution in [1.82, 2.24) is 10.1 Å². The molecule has 0 amide bonds. The first-order chi connectivity index (χ1) is 11.0. The molecule has 0 bridgehead atoms. The zero-order chi connectivity index (χ0) is 16.4. The van der Waals surface area contributed by atoms with Crippen molar-refractivity contribution >= 4 is 39.6 Å². The molecule has 0 aliphatic carbocycles. The molecule has 0 N–H and O–H groups in total. The maximum Gasteiger partial charge on any atom is 0.277 e. The highest BCUT2D eigenvalue weighted by atomic mass is 35.5. The molecule has 0 fully saturated rings. The summed E-state index contributed by atoms with van der Waals surface area (Å²) in [6.45, 7) is 0. The Kier molecular flexibility index (Phi) is 4.62. The summed E-state index contributed by atoms with van der Waals surface area (Å²) in [5.41, 5.74) is 1.29. The lowest BCUT2D eigenvalue weighted by Gasteiger charge is -2.13. The van der Waals surface area contributed by atoms with Crippen molar-refractivity contribution in [1.29, 1.82) is 0 Å². The maximum absolute atomic E-state index is 10.5. The molecule has 0 aliphatic rings. The van der Waals surface area contributed by atoms with Crippen LogP contribution in [0.3, 0.4) is 0 Å². The van der Waals surface area contributed by atoms with Gasteiger partial charge in [0.05, 0.1) is 10.7 Å². The van der Waals surface area contributed by atoms with Gasteiger partial charge in [-0.2, -0.15) is 9.27 Å². The number of benzene rings is 1. The molecule has 0 saturated heterocycles. The Bertz CT molecular complexity index is 881. The molecule has 120 valence electrons. The zero-order valence-electron chi connectivity index (χ0n) is 11.7. The summed E-state index contributed by atoms with van der Waals surface area (Å²) < 4.78 is 30.9. The summed E-state index contributed by atoms with van der Waals surface area (Å²) in [5, 5.41) is 7.47. The molecule has 3 aromatic rings. The fourth-order valence-corrected chi connectivity index (χ4v) is 3.20. The van der Waals surface area contributed by atoms with Gasteiger partial charge in [0.15, 0.2) is 0 Å². The van der Waals surface area contributed by atoms with Crippen molar-refractivity contribution in [3.8, 4) is 22.2 Å². The molecule has 0 aliphatic heterocycles. The molecule has 10 heteroatoms. The third kappa shape index (κ3) is 3.53. The van der Waals surface area contributed by atoms with Gasteiger partial charge < -0.3 is 4.52 Å². The van der Waals surface area contributed by atoms with Crippen molar-refractivity contribution in [2.75, 3.05) is 12.1 Å². The van der Waals surface area contributed by atoms with E-state index in [2.05, 4.69) is 14.4 Å². The van der Waals surface area contributed by atoms with Gasteiger partial charge in [-0.3, -0.25) is 0 Å². The van der Waals surface area contributed by atoms with Crippen molar-refractivity contribution in [2.24, 2.45) is 0 Å². The van der Waals surface area contributed by atoms with Gasteiger partial charge in [-0.05, 0) is 35.7 Å². The van der Waals surface area contributed by atoms with E-state index in [1.165, 1.54) is 18.4 Å². The standard InChI is InChI=1S/C13H10ClN3O4S2/c1-17(21-23(18)19)9-4-2-8(3-5-9)12-15-13(20-16-12)11-10(14)6-7-22-11/h2-7,23H,1H3. The van der Waals surface area contributed by atoms with Crippen LogP contribution in [0.5, 0.6) is 0 Å². The van der Waals surface area contributed by atoms with Crippen LogP contribution in [0.15, 0.2) is 40.2 Å². The first kappa shape index (κ1) is 15.9. The summed E-state index contributed by atoms with van der Waals surface area (Å²) in [6, 6.07) is 8.59. The monoisotopic (exact) mass is 371 g/mol. The highest BCUT2D eigenvalue weighted by Gasteiger charge is 2.15. The topological polar surface area (TPSA) is 85.5 Å². The van der Waals surface area contributed by atoms with E-state index in [0.717, 1.165) is 15.5 Å². The molecule has 2 aromatic heterocycles. The van der Waals surface area contributed by atoms with Gasteiger partial charge in [0.1, 0.15) is 4.88 Å². The minimum Gasteiger partial charge on any atom is -0.333 e. The van der Waals surface area contributed by atoms with Crippen LogP contribution in [-0.2, 0) is 15.3 Å². The normalized spacial score (nSPS) is 11.1. The summed E-state index contributed by atoms with van der Waals surface area (Å²) >= 11 is 7.45. The van der Waals surface area contributed by atoms with E-state index in [1.807, 2.05) is 5.38 Å². The Morgan fingerprint density at radius 3 is 2.61 bits per heavy atom. The van der Waals surface area contributed by atoms with Crippen molar-refractivity contribution in [3.63, 3.8) is 0 Å². The Morgan fingerprint density at radius 2 is 2.00 bits per heavy atom. The highest BCUT2D eigenvalue weighted by molar-refractivity contribution is 7.67. The number of rotatable bonds is 5. The number of anilines is 1. The fourth-order valence-electron chi connectivity index (χ4n) is 1.85. The summed E-state index contributed by atoms with van der Waals surface area (Å²) in [4.78, 5) is 5.03. The molecule has 0 spiro atoms. The Balaban J connectivity index is 1.83. The van der Waals surface area contributed by atoms with Gasteiger partial charge in [-0.25, -0.2) is 13.5 Å². The van der Waals surface area contributed by atoms with Crippen LogP contribution in [0.4, 0.5) is 5.69 Å². The lowest BCUT2D eigenvalue weighted by atomic mass is 10.2. The first-order valence-electron chi connectivity index (χ1n) is 6.28. The second-order valence-electron chi connectivity index (χ2n) is 4.37. The van der Waals surface area contributed by atoms with Crippen molar-refractivity contribution in [2.45, 2.75) is 0 Å². The van der Waals surface area contributed by atoms with E-state index in [4.69, 9.17) is 16.1 Å². The minimum atomic E-state index is -2.96. The second kappa shape index (κ2) is 6.67. The lowest BCUT2D eigenvalue weighted by molar-refractivity contribution is 0.320. The molecule has 0 radical (unpaired) electrons. The zero-order valence-corrected chi connectivity index (χ0v) is 14.1. The highest BCUT2D eigenvalue weighted by Crippen LogP contribution is 2.33. The molecule has 3 rings (SSSR count). The Labute approximate surface area is 142 Å². The summed E-state index contributed by atoms with van der Waals surface area (Å²) in [5.74, 6) is 0.766. The minimum absolute atomic E-state index is 0.355. The SMILES string of the molecule is CN(O[SH](=O)=O)c1ccc(-c2noc(-c3sccc3Cl)n2)cc1. The van der Waals surface area contributed by atoms with E-state index in [1.54, 1.807) is 30.3 Å². The quantitative estimate of drug-likeness (QED) is 0.545. The number of thiol groups is 1. The average molecular weight is 372 g/mol. The maximum atomic E-state index is 10.5. The van der Waals surface area contributed by atoms with Crippen LogP contribution in [0.25, 0.3) is 22.2 Å². The molecule has 0 saturated carbocycles. The first-order valence-corrected chi connectivity index (χ1v) is 8.63. The third-order valence-corrected chi connectivity index (χ3v) is 4.62. The number of hydrogen-bond donors (Lipinski definition) is 1. The number of thiophene rings is 1. The van der Waals surface area contributed by atoms with Crippen LogP contribution in [-0.4, -0.2) is 25.6 Å². The molecule has 7 nitrogen and oxygen atoms in total. The van der Waals surface area contributed by atoms with Crippen LogP contribution in [0, 0.1) is 0 Å². The molecule has 0 atom stereocenters. The number of hydrogen-bond acceptors (Lipinski definition) is 8. The Hall–Kier alpha value is -1.94. The summed E-state index contributed by atoms with van der Waals surface area (Å²) in [7, 11) is -1.47. The number of nitrogens with zero attached hydrogens (tertiary/aromatic N) is 3. The molecule has 0 unspecified atom stereocenters. The van der Waals surface area contributed by atoms with Gasteiger partial charge in [-0.1, -0.05) is 16.8 Å². The van der Waals surface area contributed by atoms with E-state index < -0.39 is 11.0 Å². The molecular weight excluding hydrogens is 362 g/mol.